The molecule has 7 rings (SSSR count). The second kappa shape index (κ2) is 14.4. The molecule has 1 nitrogen and oxygen atoms in total. The third-order valence-corrected chi connectivity index (χ3v) is 7.96. The standard InChI is InChI=1S/C25H20.C18H14N.Ir/c1-25(2,24-17-9-13-20-12-6-7-16-23(20)24)22-15-8-14-21(18-22)19-10-4-3-5-11-19;1-14-10-11-16(18-9-5-6-12-19-18)13-17(14)15-7-3-2-4-8-15;/h3-10,12-13,15-18H,1-2H3;2-10,12-13H,1H3;/q-2;-1;+3/i;1D3;. The van der Waals surface area contributed by atoms with E-state index in [1.165, 1.54) is 21.9 Å². The molecule has 0 aliphatic carbocycles. The monoisotopic (exact) mass is 760 g/mol. The predicted molar refractivity (Wildman–Crippen MR) is 184 cm³/mol. The fourth-order valence-corrected chi connectivity index (χ4v) is 5.52. The number of aromatic nitrogens is 1. The van der Waals surface area contributed by atoms with Crippen molar-refractivity contribution in [2.75, 3.05) is 0 Å². The van der Waals surface area contributed by atoms with Crippen molar-refractivity contribution in [3.63, 3.8) is 0 Å². The van der Waals surface area contributed by atoms with E-state index in [0.717, 1.165) is 27.9 Å². The molecule has 220 valence electrons. The van der Waals surface area contributed by atoms with Crippen molar-refractivity contribution >= 4 is 10.8 Å². The van der Waals surface area contributed by atoms with E-state index in [2.05, 4.69) is 97.7 Å². The molecule has 2 heteroatoms. The molecule has 0 aliphatic heterocycles. The maximum absolute atomic E-state index is 7.74. The maximum atomic E-state index is 7.74. The van der Waals surface area contributed by atoms with Gasteiger partial charge in [0.25, 0.3) is 0 Å². The van der Waals surface area contributed by atoms with Crippen LogP contribution in [0.3, 0.4) is 0 Å². The minimum absolute atomic E-state index is 0. The molecule has 0 unspecified atom stereocenters. The summed E-state index contributed by atoms with van der Waals surface area (Å²) in [5, 5.41) is 2.60. The van der Waals surface area contributed by atoms with Gasteiger partial charge in [-0.25, -0.2) is 11.1 Å². The van der Waals surface area contributed by atoms with Crippen LogP contribution in [0.25, 0.3) is 44.3 Å². The summed E-state index contributed by atoms with van der Waals surface area (Å²) in [6, 6.07) is 58.0. The quantitative estimate of drug-likeness (QED) is 0.159. The molecule has 0 amide bonds. The molecular weight excluding hydrogens is 723 g/mol. The van der Waals surface area contributed by atoms with Gasteiger partial charge >= 0.3 is 20.1 Å². The van der Waals surface area contributed by atoms with Gasteiger partial charge in [-0.3, -0.25) is 0 Å². The Morgan fingerprint density at radius 1 is 0.644 bits per heavy atom. The Kier molecular flexibility index (Phi) is 8.95. The zero-order valence-electron chi connectivity index (χ0n) is 28.2. The summed E-state index contributed by atoms with van der Waals surface area (Å²) < 4.78 is 23.2. The zero-order chi connectivity index (χ0) is 32.9. The van der Waals surface area contributed by atoms with Gasteiger partial charge in [0.2, 0.25) is 0 Å². The minimum atomic E-state index is -2.18. The second-order valence-corrected chi connectivity index (χ2v) is 11.2. The summed E-state index contributed by atoms with van der Waals surface area (Å²) in [5.74, 6) is 0. The van der Waals surface area contributed by atoms with Crippen LogP contribution in [0.4, 0.5) is 0 Å². The van der Waals surface area contributed by atoms with Gasteiger partial charge in [-0.1, -0.05) is 111 Å². The predicted octanol–water partition coefficient (Wildman–Crippen LogP) is 11.0. The van der Waals surface area contributed by atoms with Crippen LogP contribution in [0.1, 0.15) is 34.7 Å². The topological polar surface area (TPSA) is 12.9 Å². The number of hydrogen-bond acceptors (Lipinski definition) is 1. The molecule has 0 bridgehead atoms. The van der Waals surface area contributed by atoms with Crippen molar-refractivity contribution in [1.29, 1.82) is 0 Å². The zero-order valence-corrected chi connectivity index (χ0v) is 27.6. The maximum Gasteiger partial charge on any atom is 3.00 e. The molecule has 6 aromatic carbocycles. The number of fused-ring (bicyclic) bond motifs is 1. The SMILES string of the molecule is CC(C)(c1cc[c-]c(-c2[c-]cccc2)c1)c1cccc2ccccc12.[2H]C([2H])([2H])c1c[c-]c(-c2ccccn2)cc1-c1ccccc1.[Ir+3]. The van der Waals surface area contributed by atoms with Gasteiger partial charge in [-0.05, 0) is 39.1 Å². The number of benzene rings is 6. The van der Waals surface area contributed by atoms with Crippen LogP contribution >= 0.6 is 0 Å². The molecule has 0 saturated heterocycles. The fraction of sp³-hybridized carbons (Fsp3) is 0.0930. The molecule has 45 heavy (non-hydrogen) atoms. The fourth-order valence-electron chi connectivity index (χ4n) is 5.52. The van der Waals surface area contributed by atoms with E-state index in [9.17, 15) is 0 Å². The Labute approximate surface area is 285 Å². The third kappa shape index (κ3) is 7.21. The van der Waals surface area contributed by atoms with E-state index in [4.69, 9.17) is 4.11 Å². The Morgan fingerprint density at radius 2 is 1.40 bits per heavy atom. The van der Waals surface area contributed by atoms with Gasteiger partial charge in [0.15, 0.2) is 0 Å². The largest absolute Gasteiger partial charge is 3.00 e. The molecule has 0 spiro atoms. The Balaban J connectivity index is 0.000000186. The summed E-state index contributed by atoms with van der Waals surface area (Å²) in [6.45, 7) is 2.41. The minimum Gasteiger partial charge on any atom is -0.305 e. The van der Waals surface area contributed by atoms with E-state index in [1.807, 2.05) is 78.9 Å². The Morgan fingerprint density at radius 3 is 2.18 bits per heavy atom. The number of nitrogens with zero attached hydrogens (tertiary/aromatic N) is 1. The van der Waals surface area contributed by atoms with E-state index in [0.29, 0.717) is 11.1 Å². The van der Waals surface area contributed by atoms with E-state index < -0.39 is 6.85 Å². The van der Waals surface area contributed by atoms with Gasteiger partial charge in [-0.2, -0.15) is 42.5 Å². The summed E-state index contributed by atoms with van der Waals surface area (Å²) >= 11 is 0. The van der Waals surface area contributed by atoms with Crippen molar-refractivity contribution in [3.05, 3.63) is 187 Å². The van der Waals surface area contributed by atoms with Crippen LogP contribution in [-0.2, 0) is 25.5 Å². The van der Waals surface area contributed by atoms with Crippen LogP contribution < -0.4 is 0 Å². The van der Waals surface area contributed by atoms with Crippen molar-refractivity contribution in [3.8, 4) is 33.5 Å². The third-order valence-electron chi connectivity index (χ3n) is 7.96. The molecule has 0 atom stereocenters. The summed E-state index contributed by atoms with van der Waals surface area (Å²) in [4.78, 5) is 4.30. The molecule has 0 N–H and O–H groups in total. The first-order valence-electron chi connectivity index (χ1n) is 16.2. The molecule has 0 fully saturated rings. The second-order valence-electron chi connectivity index (χ2n) is 11.2. The summed E-state index contributed by atoms with van der Waals surface area (Å²) in [6.07, 6.45) is 1.71. The number of hydrogen-bond donors (Lipinski definition) is 0. The number of pyridine rings is 1. The summed E-state index contributed by atoms with van der Waals surface area (Å²) in [5.41, 5.74) is 8.14. The van der Waals surface area contributed by atoms with Crippen LogP contribution in [0.2, 0.25) is 0 Å². The van der Waals surface area contributed by atoms with Crippen LogP contribution in [0.15, 0.2) is 152 Å². The van der Waals surface area contributed by atoms with Crippen molar-refractivity contribution < 1.29 is 24.2 Å². The van der Waals surface area contributed by atoms with Gasteiger partial charge in [-0.15, -0.1) is 47.0 Å². The van der Waals surface area contributed by atoms with Gasteiger partial charge in [0, 0.05) is 10.3 Å². The van der Waals surface area contributed by atoms with Gasteiger partial charge < -0.3 is 4.98 Å². The molecule has 7 aromatic rings. The molecular formula is C43H34IrN. The average Bonchev–Trinajstić information content (AvgIpc) is 3.12. The Hall–Kier alpha value is -4.62. The van der Waals surface area contributed by atoms with Crippen molar-refractivity contribution in [2.24, 2.45) is 0 Å². The van der Waals surface area contributed by atoms with E-state index >= 15 is 0 Å². The molecule has 1 aromatic heterocycles. The van der Waals surface area contributed by atoms with Crippen molar-refractivity contribution in [1.82, 2.24) is 4.98 Å². The number of aryl methyl sites for hydroxylation is 1. The van der Waals surface area contributed by atoms with E-state index in [-0.39, 0.29) is 25.5 Å². The van der Waals surface area contributed by atoms with Crippen LogP contribution in [0, 0.1) is 25.1 Å². The number of rotatable bonds is 5. The molecule has 0 saturated carbocycles. The average molecular weight is 760 g/mol. The first kappa shape index (κ1) is 27.9. The smallest absolute Gasteiger partial charge is 0.305 e. The molecule has 0 aliphatic rings. The van der Waals surface area contributed by atoms with Crippen LogP contribution in [0.5, 0.6) is 0 Å². The first-order valence-corrected chi connectivity index (χ1v) is 14.7. The Bertz CT molecular complexity index is 2090. The first-order chi connectivity index (χ1) is 22.7. The van der Waals surface area contributed by atoms with Crippen molar-refractivity contribution in [2.45, 2.75) is 26.1 Å². The molecule has 1 heterocycles. The van der Waals surface area contributed by atoms with E-state index in [1.54, 1.807) is 12.3 Å². The van der Waals surface area contributed by atoms with Crippen LogP contribution in [-0.4, -0.2) is 4.98 Å². The molecule has 0 radical (unpaired) electrons. The van der Waals surface area contributed by atoms with Gasteiger partial charge in [0.05, 0.1) is 0 Å². The summed E-state index contributed by atoms with van der Waals surface area (Å²) in [7, 11) is 0. The van der Waals surface area contributed by atoms with Gasteiger partial charge in [0.1, 0.15) is 0 Å². The normalized spacial score (nSPS) is 12.1.